The number of likely N-dealkylation sites (tertiary alicyclic amines) is 1. The number of aliphatic hydroxyl groups is 1. The Morgan fingerprint density at radius 3 is 2.94 bits per heavy atom. The molecule has 1 unspecified atom stereocenters. The second kappa shape index (κ2) is 6.38. The molecule has 0 amide bonds. The third kappa shape index (κ3) is 3.85. The number of rotatable bonds is 6. The summed E-state index contributed by atoms with van der Waals surface area (Å²) in [6.45, 7) is 2.78. The molecule has 5 heteroatoms. The summed E-state index contributed by atoms with van der Waals surface area (Å²) in [5, 5.41) is 9.52. The van der Waals surface area contributed by atoms with Crippen LogP contribution >= 0.6 is 11.6 Å². The van der Waals surface area contributed by atoms with E-state index < -0.39 is 0 Å². The van der Waals surface area contributed by atoms with Gasteiger partial charge in [-0.3, -0.25) is 4.90 Å². The van der Waals surface area contributed by atoms with Gasteiger partial charge in [-0.25, -0.2) is 0 Å². The zero-order valence-corrected chi connectivity index (χ0v) is 11.0. The molecule has 0 bridgehead atoms. The van der Waals surface area contributed by atoms with Gasteiger partial charge in [0.25, 0.3) is 0 Å². The van der Waals surface area contributed by atoms with E-state index in [0.29, 0.717) is 5.02 Å². The predicted octanol–water partition coefficient (Wildman–Crippen LogP) is 1.11. The summed E-state index contributed by atoms with van der Waals surface area (Å²) in [6.07, 6.45) is 1.05. The van der Waals surface area contributed by atoms with Gasteiger partial charge >= 0.3 is 0 Å². The number of nitrogens with two attached hydrogens (primary N) is 1. The Balaban J connectivity index is 1.67. The van der Waals surface area contributed by atoms with Gasteiger partial charge in [-0.2, -0.15) is 0 Å². The van der Waals surface area contributed by atoms with E-state index in [-0.39, 0.29) is 18.8 Å². The van der Waals surface area contributed by atoms with Crippen LogP contribution in [0.2, 0.25) is 5.02 Å². The Morgan fingerprint density at radius 2 is 2.28 bits per heavy atom. The van der Waals surface area contributed by atoms with Gasteiger partial charge in [0.2, 0.25) is 0 Å². The molecular formula is C13H19ClN2O2. The molecule has 1 atom stereocenters. The SMILES string of the molecule is NC(CO)CCN1CC(Oc2cccc(Cl)c2)C1. The summed E-state index contributed by atoms with van der Waals surface area (Å²) in [5.74, 6) is 0.819. The van der Waals surface area contributed by atoms with Crippen LogP contribution in [0.15, 0.2) is 24.3 Å². The van der Waals surface area contributed by atoms with Crippen LogP contribution in [0, 0.1) is 0 Å². The summed E-state index contributed by atoms with van der Waals surface area (Å²) in [6, 6.07) is 7.34. The van der Waals surface area contributed by atoms with E-state index in [2.05, 4.69) is 4.90 Å². The van der Waals surface area contributed by atoms with E-state index in [0.717, 1.165) is 31.8 Å². The quantitative estimate of drug-likeness (QED) is 0.813. The van der Waals surface area contributed by atoms with Crippen molar-refractivity contribution in [2.45, 2.75) is 18.6 Å². The molecule has 0 spiro atoms. The van der Waals surface area contributed by atoms with Crippen LogP contribution in [0.4, 0.5) is 0 Å². The van der Waals surface area contributed by atoms with Crippen LogP contribution in [-0.2, 0) is 0 Å². The first-order valence-corrected chi connectivity index (χ1v) is 6.56. The first-order chi connectivity index (χ1) is 8.67. The van der Waals surface area contributed by atoms with Gasteiger partial charge in [-0.05, 0) is 24.6 Å². The van der Waals surface area contributed by atoms with Crippen LogP contribution in [0.25, 0.3) is 0 Å². The number of hydrogen-bond donors (Lipinski definition) is 2. The van der Waals surface area contributed by atoms with Gasteiger partial charge < -0.3 is 15.6 Å². The lowest BCUT2D eigenvalue weighted by Crippen LogP contribution is -2.54. The normalized spacial score (nSPS) is 18.4. The summed E-state index contributed by atoms with van der Waals surface area (Å²) >= 11 is 5.89. The Morgan fingerprint density at radius 1 is 1.50 bits per heavy atom. The zero-order valence-electron chi connectivity index (χ0n) is 10.3. The van der Waals surface area contributed by atoms with E-state index in [9.17, 15) is 0 Å². The number of ether oxygens (including phenoxy) is 1. The minimum absolute atomic E-state index is 0.0519. The molecule has 1 fully saturated rings. The van der Waals surface area contributed by atoms with Crippen molar-refractivity contribution in [3.8, 4) is 5.75 Å². The number of benzene rings is 1. The molecule has 18 heavy (non-hydrogen) atoms. The number of halogens is 1. The van der Waals surface area contributed by atoms with Crippen molar-refractivity contribution in [2.24, 2.45) is 5.73 Å². The highest BCUT2D eigenvalue weighted by molar-refractivity contribution is 6.30. The van der Waals surface area contributed by atoms with E-state index in [4.69, 9.17) is 27.2 Å². The average Bonchev–Trinajstić information content (AvgIpc) is 2.31. The number of nitrogens with zero attached hydrogens (tertiary/aromatic N) is 1. The summed E-state index contributed by atoms with van der Waals surface area (Å²) in [4.78, 5) is 2.27. The summed E-state index contributed by atoms with van der Waals surface area (Å²) in [7, 11) is 0. The average molecular weight is 271 g/mol. The lowest BCUT2D eigenvalue weighted by atomic mass is 10.1. The molecule has 0 radical (unpaired) electrons. The minimum Gasteiger partial charge on any atom is -0.488 e. The lowest BCUT2D eigenvalue weighted by molar-refractivity contribution is 0.0174. The van der Waals surface area contributed by atoms with E-state index in [1.165, 1.54) is 0 Å². The maximum Gasteiger partial charge on any atom is 0.124 e. The fourth-order valence-electron chi connectivity index (χ4n) is 1.95. The fourth-order valence-corrected chi connectivity index (χ4v) is 2.13. The second-order valence-corrected chi connectivity index (χ2v) is 5.12. The molecular weight excluding hydrogens is 252 g/mol. The first kappa shape index (κ1) is 13.6. The van der Waals surface area contributed by atoms with Crippen LogP contribution in [0.5, 0.6) is 5.75 Å². The van der Waals surface area contributed by atoms with Crippen molar-refractivity contribution in [2.75, 3.05) is 26.2 Å². The molecule has 1 heterocycles. The van der Waals surface area contributed by atoms with Crippen LogP contribution in [0.1, 0.15) is 6.42 Å². The highest BCUT2D eigenvalue weighted by Crippen LogP contribution is 2.21. The molecule has 1 aromatic carbocycles. The van der Waals surface area contributed by atoms with Crippen molar-refractivity contribution in [1.82, 2.24) is 4.90 Å². The largest absolute Gasteiger partial charge is 0.488 e. The van der Waals surface area contributed by atoms with Gasteiger partial charge in [0.05, 0.1) is 6.61 Å². The molecule has 4 nitrogen and oxygen atoms in total. The molecule has 1 aromatic rings. The summed E-state index contributed by atoms with van der Waals surface area (Å²) in [5.41, 5.74) is 5.65. The third-order valence-corrected chi connectivity index (χ3v) is 3.31. The van der Waals surface area contributed by atoms with Gasteiger partial charge in [0.1, 0.15) is 11.9 Å². The molecule has 1 aliphatic heterocycles. The van der Waals surface area contributed by atoms with Crippen LogP contribution < -0.4 is 10.5 Å². The predicted molar refractivity (Wildman–Crippen MR) is 72.0 cm³/mol. The fraction of sp³-hybridized carbons (Fsp3) is 0.538. The van der Waals surface area contributed by atoms with Gasteiger partial charge in [-0.15, -0.1) is 0 Å². The van der Waals surface area contributed by atoms with Crippen molar-refractivity contribution in [3.63, 3.8) is 0 Å². The lowest BCUT2D eigenvalue weighted by Gasteiger charge is -2.39. The highest BCUT2D eigenvalue weighted by atomic mass is 35.5. The van der Waals surface area contributed by atoms with Crippen molar-refractivity contribution >= 4 is 11.6 Å². The maximum atomic E-state index is 8.83. The minimum atomic E-state index is -0.113. The maximum absolute atomic E-state index is 8.83. The Bertz CT molecular complexity index is 383. The molecule has 1 aliphatic rings. The Hall–Kier alpha value is -0.810. The zero-order chi connectivity index (χ0) is 13.0. The molecule has 3 N–H and O–H groups in total. The monoisotopic (exact) mass is 270 g/mol. The van der Waals surface area contributed by atoms with Crippen molar-refractivity contribution in [3.05, 3.63) is 29.3 Å². The first-order valence-electron chi connectivity index (χ1n) is 6.18. The molecule has 1 saturated heterocycles. The Kier molecular flexibility index (Phi) is 4.83. The van der Waals surface area contributed by atoms with Crippen LogP contribution in [-0.4, -0.2) is 48.4 Å². The Labute approximate surface area is 112 Å². The van der Waals surface area contributed by atoms with Gasteiger partial charge in [0.15, 0.2) is 0 Å². The number of aliphatic hydroxyl groups excluding tert-OH is 1. The van der Waals surface area contributed by atoms with Gasteiger partial charge in [-0.1, -0.05) is 17.7 Å². The third-order valence-electron chi connectivity index (χ3n) is 3.07. The van der Waals surface area contributed by atoms with Crippen molar-refractivity contribution in [1.29, 1.82) is 0 Å². The number of hydrogen-bond acceptors (Lipinski definition) is 4. The standard InChI is InChI=1S/C13H19ClN2O2/c14-10-2-1-3-12(6-10)18-13-7-16(8-13)5-4-11(15)9-17/h1-3,6,11,13,17H,4-5,7-9,15H2. The molecule has 2 rings (SSSR count). The van der Waals surface area contributed by atoms with E-state index in [1.54, 1.807) is 0 Å². The van der Waals surface area contributed by atoms with Crippen LogP contribution in [0.3, 0.4) is 0 Å². The highest BCUT2D eigenvalue weighted by Gasteiger charge is 2.28. The molecule has 100 valence electrons. The second-order valence-electron chi connectivity index (χ2n) is 4.69. The summed E-state index contributed by atoms with van der Waals surface area (Å²) < 4.78 is 5.79. The molecule has 0 aromatic heterocycles. The van der Waals surface area contributed by atoms with Crippen molar-refractivity contribution < 1.29 is 9.84 Å². The topological polar surface area (TPSA) is 58.7 Å². The molecule has 0 saturated carbocycles. The van der Waals surface area contributed by atoms with E-state index >= 15 is 0 Å². The van der Waals surface area contributed by atoms with Gasteiger partial charge in [0, 0.05) is 30.7 Å². The molecule has 0 aliphatic carbocycles. The smallest absolute Gasteiger partial charge is 0.124 e. The van der Waals surface area contributed by atoms with E-state index in [1.807, 2.05) is 24.3 Å².